The minimum atomic E-state index is -1.19. The second-order valence-electron chi connectivity index (χ2n) is 8.56. The number of nitrogens with zero attached hydrogens (tertiary/aromatic N) is 2. The number of carbonyl (C=O) groups is 4. The number of piperazine rings is 1. The van der Waals surface area contributed by atoms with E-state index in [9.17, 15) is 24.3 Å². The average Bonchev–Trinajstić information content (AvgIpc) is 2.87. The molecule has 192 valence electrons. The van der Waals surface area contributed by atoms with Gasteiger partial charge in [0, 0.05) is 38.2 Å². The van der Waals surface area contributed by atoms with Crippen molar-refractivity contribution in [2.75, 3.05) is 32.8 Å². The van der Waals surface area contributed by atoms with Crippen molar-refractivity contribution in [2.45, 2.75) is 32.2 Å². The van der Waals surface area contributed by atoms with Crippen LogP contribution in [0.2, 0.25) is 0 Å². The third-order valence-corrected chi connectivity index (χ3v) is 6.55. The molecule has 0 unspecified atom stereocenters. The Hall–Kier alpha value is -3.40. The first-order valence-corrected chi connectivity index (χ1v) is 12.6. The molecule has 0 bridgehead atoms. The van der Waals surface area contributed by atoms with Crippen LogP contribution in [0, 0.1) is 6.92 Å². The van der Waals surface area contributed by atoms with Crippen molar-refractivity contribution in [3.05, 3.63) is 64.1 Å². The minimum Gasteiger partial charge on any atom is -0.492 e. The molecule has 0 saturated carbocycles. The third kappa shape index (κ3) is 7.81. The van der Waals surface area contributed by atoms with E-state index in [1.54, 1.807) is 40.1 Å². The Bertz CT molecular complexity index is 1090. The van der Waals surface area contributed by atoms with Gasteiger partial charge in [-0.3, -0.25) is 14.4 Å². The normalized spacial score (nSPS) is 14.2. The SMILES string of the molecule is Cc1ccc(OCCC(=O)N2CCN(C(=O)CC[C@H](NC(=O)c3ccccc3)C(=O)O)CC2)c(Br)c1. The summed E-state index contributed by atoms with van der Waals surface area (Å²) in [5.41, 5.74) is 1.46. The predicted molar refractivity (Wildman–Crippen MR) is 137 cm³/mol. The second-order valence-corrected chi connectivity index (χ2v) is 9.42. The van der Waals surface area contributed by atoms with E-state index in [4.69, 9.17) is 4.74 Å². The maximum atomic E-state index is 12.6. The fraction of sp³-hybridized carbons (Fsp3) is 0.385. The summed E-state index contributed by atoms with van der Waals surface area (Å²) in [5.74, 6) is -1.25. The monoisotopic (exact) mass is 559 g/mol. The summed E-state index contributed by atoms with van der Waals surface area (Å²) >= 11 is 3.45. The fourth-order valence-electron chi connectivity index (χ4n) is 3.85. The van der Waals surface area contributed by atoms with Crippen LogP contribution in [0.5, 0.6) is 5.75 Å². The summed E-state index contributed by atoms with van der Waals surface area (Å²) in [6, 6.07) is 12.9. The highest BCUT2D eigenvalue weighted by Gasteiger charge is 2.26. The number of hydrogen-bond acceptors (Lipinski definition) is 5. The van der Waals surface area contributed by atoms with E-state index in [0.717, 1.165) is 10.0 Å². The third-order valence-electron chi connectivity index (χ3n) is 5.93. The maximum Gasteiger partial charge on any atom is 0.326 e. The topological polar surface area (TPSA) is 116 Å². The first-order chi connectivity index (χ1) is 17.2. The molecule has 36 heavy (non-hydrogen) atoms. The van der Waals surface area contributed by atoms with Crippen molar-refractivity contribution >= 4 is 39.6 Å². The van der Waals surface area contributed by atoms with Crippen molar-refractivity contribution in [1.29, 1.82) is 0 Å². The number of nitrogens with one attached hydrogen (secondary N) is 1. The van der Waals surface area contributed by atoms with Crippen LogP contribution >= 0.6 is 15.9 Å². The van der Waals surface area contributed by atoms with Crippen molar-refractivity contribution < 1.29 is 29.0 Å². The van der Waals surface area contributed by atoms with Crippen LogP contribution in [0.1, 0.15) is 35.2 Å². The van der Waals surface area contributed by atoms with Crippen LogP contribution in [0.15, 0.2) is 53.0 Å². The molecule has 0 radical (unpaired) electrons. The minimum absolute atomic E-state index is 0.0146. The Balaban J connectivity index is 1.39. The molecule has 1 aliphatic rings. The van der Waals surface area contributed by atoms with E-state index in [0.29, 0.717) is 37.5 Å². The van der Waals surface area contributed by atoms with Crippen LogP contribution < -0.4 is 10.1 Å². The number of carboxylic acid groups (broad SMARTS) is 1. The van der Waals surface area contributed by atoms with E-state index in [2.05, 4.69) is 21.2 Å². The first-order valence-electron chi connectivity index (χ1n) is 11.8. The van der Waals surface area contributed by atoms with Crippen molar-refractivity contribution in [3.63, 3.8) is 0 Å². The molecule has 2 N–H and O–H groups in total. The molecule has 0 aliphatic carbocycles. The zero-order valence-corrected chi connectivity index (χ0v) is 21.7. The molecule has 0 aromatic heterocycles. The molecule has 2 aromatic rings. The van der Waals surface area contributed by atoms with Crippen molar-refractivity contribution in [2.24, 2.45) is 0 Å². The highest BCUT2D eigenvalue weighted by molar-refractivity contribution is 9.10. The Morgan fingerprint density at radius 3 is 2.17 bits per heavy atom. The number of carboxylic acids is 1. The van der Waals surface area contributed by atoms with Crippen LogP contribution in [-0.2, 0) is 14.4 Å². The Kier molecular flexibility index (Phi) is 9.86. The fourth-order valence-corrected chi connectivity index (χ4v) is 4.46. The van der Waals surface area contributed by atoms with Crippen LogP contribution in [0.4, 0.5) is 0 Å². The molecule has 2 aromatic carbocycles. The van der Waals surface area contributed by atoms with Gasteiger partial charge >= 0.3 is 5.97 Å². The molecular formula is C26H30BrN3O6. The van der Waals surface area contributed by atoms with Crippen LogP contribution in [0.3, 0.4) is 0 Å². The summed E-state index contributed by atoms with van der Waals surface area (Å²) < 4.78 is 6.54. The van der Waals surface area contributed by atoms with Gasteiger partial charge < -0.3 is 25.0 Å². The van der Waals surface area contributed by atoms with Gasteiger partial charge in [0.05, 0.1) is 17.5 Å². The highest BCUT2D eigenvalue weighted by Crippen LogP contribution is 2.25. The van der Waals surface area contributed by atoms with E-state index < -0.39 is 17.9 Å². The number of aryl methyl sites for hydroxylation is 1. The lowest BCUT2D eigenvalue weighted by Crippen LogP contribution is -2.51. The zero-order valence-electron chi connectivity index (χ0n) is 20.1. The Morgan fingerprint density at radius 2 is 1.58 bits per heavy atom. The van der Waals surface area contributed by atoms with E-state index in [1.165, 1.54) is 0 Å². The summed E-state index contributed by atoms with van der Waals surface area (Å²) in [6.07, 6.45) is 0.201. The molecule has 0 spiro atoms. The maximum absolute atomic E-state index is 12.6. The molecular weight excluding hydrogens is 530 g/mol. The number of benzene rings is 2. The molecule has 3 amide bonds. The van der Waals surface area contributed by atoms with Gasteiger partial charge in [0.15, 0.2) is 0 Å². The molecule has 9 nitrogen and oxygen atoms in total. The Morgan fingerprint density at radius 1 is 0.972 bits per heavy atom. The number of halogens is 1. The van der Waals surface area contributed by atoms with Crippen LogP contribution in [-0.4, -0.2) is 77.4 Å². The first kappa shape index (κ1) is 27.2. The molecule has 1 saturated heterocycles. The summed E-state index contributed by atoms with van der Waals surface area (Å²) in [7, 11) is 0. The zero-order chi connectivity index (χ0) is 26.1. The number of carbonyl (C=O) groups excluding carboxylic acids is 3. The lowest BCUT2D eigenvalue weighted by molar-refractivity contribution is -0.141. The van der Waals surface area contributed by atoms with Gasteiger partial charge in [-0.05, 0) is 59.1 Å². The van der Waals surface area contributed by atoms with Gasteiger partial charge in [-0.2, -0.15) is 0 Å². The van der Waals surface area contributed by atoms with Gasteiger partial charge in [0.1, 0.15) is 11.8 Å². The van der Waals surface area contributed by atoms with E-state index in [-0.39, 0.29) is 37.7 Å². The van der Waals surface area contributed by atoms with Crippen molar-refractivity contribution in [3.8, 4) is 5.75 Å². The molecule has 10 heteroatoms. The highest BCUT2D eigenvalue weighted by atomic mass is 79.9. The molecule has 3 rings (SSSR count). The lowest BCUT2D eigenvalue weighted by Gasteiger charge is -2.35. The molecule has 1 atom stereocenters. The smallest absolute Gasteiger partial charge is 0.326 e. The second kappa shape index (κ2) is 13.1. The van der Waals surface area contributed by atoms with Gasteiger partial charge in [-0.25, -0.2) is 4.79 Å². The number of rotatable bonds is 10. The van der Waals surface area contributed by atoms with E-state index >= 15 is 0 Å². The summed E-state index contributed by atoms with van der Waals surface area (Å²) in [5, 5.41) is 11.9. The van der Waals surface area contributed by atoms with Gasteiger partial charge in [0.2, 0.25) is 11.8 Å². The number of amides is 3. The van der Waals surface area contributed by atoms with Gasteiger partial charge in [-0.1, -0.05) is 24.3 Å². The number of aliphatic carboxylic acids is 1. The molecule has 1 fully saturated rings. The van der Waals surface area contributed by atoms with Crippen molar-refractivity contribution in [1.82, 2.24) is 15.1 Å². The van der Waals surface area contributed by atoms with Gasteiger partial charge in [-0.15, -0.1) is 0 Å². The largest absolute Gasteiger partial charge is 0.492 e. The summed E-state index contributed by atoms with van der Waals surface area (Å²) in [6.45, 7) is 3.81. The van der Waals surface area contributed by atoms with Gasteiger partial charge in [0.25, 0.3) is 5.91 Å². The number of ether oxygens (including phenoxy) is 1. The quantitative estimate of drug-likeness (QED) is 0.462. The predicted octanol–water partition coefficient (Wildman–Crippen LogP) is 2.86. The Labute approximate surface area is 218 Å². The van der Waals surface area contributed by atoms with E-state index in [1.807, 2.05) is 25.1 Å². The molecule has 1 heterocycles. The summed E-state index contributed by atoms with van der Waals surface area (Å²) in [4.78, 5) is 52.4. The molecule has 1 aliphatic heterocycles. The standard InChI is InChI=1S/C26H30BrN3O6/c1-18-7-9-22(20(27)17-18)36-16-11-24(32)30-14-12-29(13-15-30)23(31)10-8-21(26(34)35)28-25(33)19-5-3-2-4-6-19/h2-7,9,17,21H,8,10-16H2,1H3,(H,28,33)(H,34,35)/t21-/m0/s1. The number of hydrogen-bond donors (Lipinski definition) is 2. The van der Waals surface area contributed by atoms with Crippen LogP contribution in [0.25, 0.3) is 0 Å². The lowest BCUT2D eigenvalue weighted by atomic mass is 10.1. The average molecular weight is 560 g/mol.